The fourth-order valence-electron chi connectivity index (χ4n) is 2.12. The SMILES string of the molecule is CC(C)c1nc(CNCC2(C)CCC2)cs1. The lowest BCUT2D eigenvalue weighted by Crippen LogP contribution is -2.37. The van der Waals surface area contributed by atoms with Gasteiger partial charge in [-0.05, 0) is 18.3 Å². The molecule has 0 radical (unpaired) electrons. The topological polar surface area (TPSA) is 24.9 Å². The first-order valence-corrected chi connectivity index (χ1v) is 7.12. The third-order valence-electron chi connectivity index (χ3n) is 3.48. The molecular weight excluding hydrogens is 216 g/mol. The molecule has 0 aliphatic heterocycles. The maximum atomic E-state index is 4.63. The highest BCUT2D eigenvalue weighted by Crippen LogP contribution is 2.39. The Morgan fingerprint density at radius 1 is 1.50 bits per heavy atom. The minimum Gasteiger partial charge on any atom is -0.311 e. The van der Waals surface area contributed by atoms with Gasteiger partial charge in [0.2, 0.25) is 0 Å². The first-order chi connectivity index (χ1) is 7.59. The molecule has 0 aromatic carbocycles. The molecule has 1 aliphatic carbocycles. The second-order valence-electron chi connectivity index (χ2n) is 5.60. The van der Waals surface area contributed by atoms with Gasteiger partial charge in [-0.1, -0.05) is 27.2 Å². The molecule has 1 aromatic rings. The number of rotatable bonds is 5. The van der Waals surface area contributed by atoms with Gasteiger partial charge in [0.1, 0.15) is 0 Å². The molecule has 0 bridgehead atoms. The van der Waals surface area contributed by atoms with E-state index >= 15 is 0 Å². The summed E-state index contributed by atoms with van der Waals surface area (Å²) in [5.74, 6) is 0.558. The summed E-state index contributed by atoms with van der Waals surface area (Å²) >= 11 is 1.78. The van der Waals surface area contributed by atoms with Gasteiger partial charge >= 0.3 is 0 Å². The zero-order valence-electron chi connectivity index (χ0n) is 10.5. The van der Waals surface area contributed by atoms with Crippen molar-refractivity contribution in [3.8, 4) is 0 Å². The van der Waals surface area contributed by atoms with Gasteiger partial charge in [-0.3, -0.25) is 0 Å². The lowest BCUT2D eigenvalue weighted by atomic mass is 9.70. The van der Waals surface area contributed by atoms with Crippen LogP contribution in [-0.4, -0.2) is 11.5 Å². The quantitative estimate of drug-likeness (QED) is 0.848. The van der Waals surface area contributed by atoms with Crippen LogP contribution < -0.4 is 5.32 Å². The third-order valence-corrected chi connectivity index (χ3v) is 4.68. The van der Waals surface area contributed by atoms with Crippen molar-refractivity contribution in [1.82, 2.24) is 10.3 Å². The molecule has 1 N–H and O–H groups in total. The fourth-order valence-corrected chi connectivity index (χ4v) is 2.95. The molecule has 1 saturated carbocycles. The zero-order chi connectivity index (χ0) is 11.6. The molecule has 2 rings (SSSR count). The first-order valence-electron chi connectivity index (χ1n) is 6.24. The van der Waals surface area contributed by atoms with Crippen molar-refractivity contribution in [2.45, 2.75) is 52.5 Å². The fraction of sp³-hybridized carbons (Fsp3) is 0.769. The molecule has 0 unspecified atom stereocenters. The van der Waals surface area contributed by atoms with Crippen molar-refractivity contribution in [3.63, 3.8) is 0 Å². The maximum absolute atomic E-state index is 4.63. The number of hydrogen-bond acceptors (Lipinski definition) is 3. The van der Waals surface area contributed by atoms with Crippen LogP contribution in [0.25, 0.3) is 0 Å². The Morgan fingerprint density at radius 3 is 2.75 bits per heavy atom. The Labute approximate surface area is 102 Å². The monoisotopic (exact) mass is 238 g/mol. The Bertz CT molecular complexity index is 339. The zero-order valence-corrected chi connectivity index (χ0v) is 11.4. The van der Waals surface area contributed by atoms with E-state index in [1.807, 2.05) is 0 Å². The van der Waals surface area contributed by atoms with E-state index in [4.69, 9.17) is 0 Å². The standard InChI is InChI=1S/C13H22N2S/c1-10(2)12-15-11(8-16-12)7-14-9-13(3)5-4-6-13/h8,10,14H,4-7,9H2,1-3H3. The third kappa shape index (κ3) is 2.83. The van der Waals surface area contributed by atoms with Gasteiger partial charge in [0.15, 0.2) is 0 Å². The second kappa shape index (κ2) is 4.84. The van der Waals surface area contributed by atoms with Crippen molar-refractivity contribution < 1.29 is 0 Å². The van der Waals surface area contributed by atoms with Crippen molar-refractivity contribution in [3.05, 3.63) is 16.1 Å². The van der Waals surface area contributed by atoms with E-state index in [1.54, 1.807) is 11.3 Å². The summed E-state index contributed by atoms with van der Waals surface area (Å²) in [5, 5.41) is 6.98. The minimum atomic E-state index is 0.558. The van der Waals surface area contributed by atoms with Gasteiger partial charge < -0.3 is 5.32 Å². The Hall–Kier alpha value is -0.410. The normalized spacial score (nSPS) is 18.8. The predicted molar refractivity (Wildman–Crippen MR) is 69.9 cm³/mol. The van der Waals surface area contributed by atoms with Crippen LogP contribution in [0.15, 0.2) is 5.38 Å². The van der Waals surface area contributed by atoms with Crippen molar-refractivity contribution in [2.75, 3.05) is 6.54 Å². The summed E-state index contributed by atoms with van der Waals surface area (Å²) in [6.45, 7) is 8.85. The van der Waals surface area contributed by atoms with E-state index in [1.165, 1.54) is 30.0 Å². The van der Waals surface area contributed by atoms with Crippen LogP contribution in [-0.2, 0) is 6.54 Å². The van der Waals surface area contributed by atoms with Crippen molar-refractivity contribution in [2.24, 2.45) is 5.41 Å². The van der Waals surface area contributed by atoms with E-state index < -0.39 is 0 Å². The molecule has 0 amide bonds. The molecule has 3 heteroatoms. The Kier molecular flexibility index (Phi) is 3.65. The van der Waals surface area contributed by atoms with Crippen molar-refractivity contribution >= 4 is 11.3 Å². The van der Waals surface area contributed by atoms with Crippen LogP contribution in [0, 0.1) is 5.41 Å². The molecule has 1 aliphatic rings. The molecule has 1 aromatic heterocycles. The van der Waals surface area contributed by atoms with Crippen LogP contribution in [0.5, 0.6) is 0 Å². The van der Waals surface area contributed by atoms with Gasteiger partial charge in [-0.2, -0.15) is 0 Å². The van der Waals surface area contributed by atoms with Crippen LogP contribution >= 0.6 is 11.3 Å². The summed E-state index contributed by atoms with van der Waals surface area (Å²) in [5.41, 5.74) is 1.77. The highest BCUT2D eigenvalue weighted by molar-refractivity contribution is 7.09. The highest BCUT2D eigenvalue weighted by atomic mass is 32.1. The summed E-state index contributed by atoms with van der Waals surface area (Å²) < 4.78 is 0. The maximum Gasteiger partial charge on any atom is 0.0954 e. The number of nitrogens with one attached hydrogen (secondary N) is 1. The van der Waals surface area contributed by atoms with Crippen LogP contribution in [0.3, 0.4) is 0 Å². The predicted octanol–water partition coefficient (Wildman–Crippen LogP) is 3.55. The molecule has 0 atom stereocenters. The molecule has 1 fully saturated rings. The number of aromatic nitrogens is 1. The number of thiazole rings is 1. The first kappa shape index (κ1) is 12.1. The lowest BCUT2D eigenvalue weighted by molar-refractivity contribution is 0.156. The average Bonchev–Trinajstić information content (AvgIpc) is 2.64. The van der Waals surface area contributed by atoms with Crippen LogP contribution in [0.1, 0.15) is 56.7 Å². The van der Waals surface area contributed by atoms with E-state index in [2.05, 4.69) is 36.5 Å². The molecule has 2 nitrogen and oxygen atoms in total. The Balaban J connectivity index is 1.76. The highest BCUT2D eigenvalue weighted by Gasteiger charge is 2.30. The number of hydrogen-bond donors (Lipinski definition) is 1. The van der Waals surface area contributed by atoms with Crippen molar-refractivity contribution in [1.29, 1.82) is 0 Å². The largest absolute Gasteiger partial charge is 0.311 e. The molecular formula is C13H22N2S. The van der Waals surface area contributed by atoms with E-state index in [9.17, 15) is 0 Å². The lowest BCUT2D eigenvalue weighted by Gasteiger charge is -2.38. The molecule has 90 valence electrons. The molecule has 0 spiro atoms. The van der Waals surface area contributed by atoms with E-state index in [0.29, 0.717) is 11.3 Å². The average molecular weight is 238 g/mol. The van der Waals surface area contributed by atoms with Crippen LogP contribution in [0.4, 0.5) is 0 Å². The van der Waals surface area contributed by atoms with Gasteiger partial charge in [0, 0.05) is 24.4 Å². The van der Waals surface area contributed by atoms with Gasteiger partial charge in [-0.15, -0.1) is 11.3 Å². The van der Waals surface area contributed by atoms with Gasteiger partial charge in [0.25, 0.3) is 0 Å². The molecule has 0 saturated heterocycles. The molecule has 1 heterocycles. The number of nitrogens with zero attached hydrogens (tertiary/aromatic N) is 1. The Morgan fingerprint density at radius 2 is 2.25 bits per heavy atom. The molecule has 16 heavy (non-hydrogen) atoms. The summed E-state index contributed by atoms with van der Waals surface area (Å²) in [4.78, 5) is 4.63. The second-order valence-corrected chi connectivity index (χ2v) is 6.49. The van der Waals surface area contributed by atoms with E-state index in [0.717, 1.165) is 13.1 Å². The van der Waals surface area contributed by atoms with Gasteiger partial charge in [0.05, 0.1) is 10.7 Å². The summed E-state index contributed by atoms with van der Waals surface area (Å²) in [6, 6.07) is 0. The summed E-state index contributed by atoms with van der Waals surface area (Å²) in [6.07, 6.45) is 4.18. The summed E-state index contributed by atoms with van der Waals surface area (Å²) in [7, 11) is 0. The van der Waals surface area contributed by atoms with E-state index in [-0.39, 0.29) is 0 Å². The van der Waals surface area contributed by atoms with Crippen LogP contribution in [0.2, 0.25) is 0 Å². The smallest absolute Gasteiger partial charge is 0.0954 e. The van der Waals surface area contributed by atoms with Gasteiger partial charge in [-0.25, -0.2) is 4.98 Å². The minimum absolute atomic E-state index is 0.558.